The Hall–Kier alpha value is -1.02. The standard InChI is InChI=1S/C17H28N2/c1-12(2)15-7-8-19(11-15)17-6-5-13(3)9-16(17)10-14(4)18/h5-6,9,12,14-15H,7-8,10-11,18H2,1-4H3. The monoisotopic (exact) mass is 260 g/mol. The molecular weight excluding hydrogens is 232 g/mol. The second kappa shape index (κ2) is 5.96. The third-order valence-corrected chi connectivity index (χ3v) is 4.29. The highest BCUT2D eigenvalue weighted by molar-refractivity contribution is 5.56. The van der Waals surface area contributed by atoms with Gasteiger partial charge in [-0.25, -0.2) is 0 Å². The second-order valence-corrected chi connectivity index (χ2v) is 6.55. The topological polar surface area (TPSA) is 29.3 Å². The van der Waals surface area contributed by atoms with Crippen molar-refractivity contribution in [2.24, 2.45) is 17.6 Å². The summed E-state index contributed by atoms with van der Waals surface area (Å²) in [6.45, 7) is 11.3. The van der Waals surface area contributed by atoms with E-state index in [2.05, 4.69) is 50.8 Å². The van der Waals surface area contributed by atoms with Crippen LogP contribution in [0, 0.1) is 18.8 Å². The second-order valence-electron chi connectivity index (χ2n) is 6.55. The lowest BCUT2D eigenvalue weighted by Gasteiger charge is -2.24. The van der Waals surface area contributed by atoms with Gasteiger partial charge >= 0.3 is 0 Å². The Balaban J connectivity index is 2.20. The number of hydrogen-bond donors (Lipinski definition) is 1. The fourth-order valence-corrected chi connectivity index (χ4v) is 3.08. The van der Waals surface area contributed by atoms with E-state index in [0.717, 1.165) is 18.3 Å². The summed E-state index contributed by atoms with van der Waals surface area (Å²) in [4.78, 5) is 2.56. The van der Waals surface area contributed by atoms with Crippen molar-refractivity contribution in [2.45, 2.75) is 46.6 Å². The van der Waals surface area contributed by atoms with Crippen LogP contribution in [-0.4, -0.2) is 19.1 Å². The van der Waals surface area contributed by atoms with E-state index in [-0.39, 0.29) is 6.04 Å². The van der Waals surface area contributed by atoms with Gasteiger partial charge < -0.3 is 10.6 Å². The molecule has 0 spiro atoms. The first-order chi connectivity index (χ1) is 8.97. The van der Waals surface area contributed by atoms with Gasteiger partial charge in [0.15, 0.2) is 0 Å². The van der Waals surface area contributed by atoms with Gasteiger partial charge in [-0.2, -0.15) is 0 Å². The molecule has 2 heteroatoms. The number of nitrogens with zero attached hydrogens (tertiary/aromatic N) is 1. The molecule has 2 atom stereocenters. The Morgan fingerprint density at radius 1 is 1.32 bits per heavy atom. The molecule has 19 heavy (non-hydrogen) atoms. The Labute approximate surface area is 118 Å². The first-order valence-electron chi connectivity index (χ1n) is 7.57. The van der Waals surface area contributed by atoms with Crippen molar-refractivity contribution in [2.75, 3.05) is 18.0 Å². The van der Waals surface area contributed by atoms with Gasteiger partial charge in [-0.05, 0) is 50.2 Å². The average Bonchev–Trinajstić information content (AvgIpc) is 2.77. The molecule has 0 radical (unpaired) electrons. The molecule has 1 aromatic carbocycles. The fourth-order valence-electron chi connectivity index (χ4n) is 3.08. The Kier molecular flexibility index (Phi) is 4.51. The molecule has 2 rings (SSSR count). The summed E-state index contributed by atoms with van der Waals surface area (Å²) in [5, 5.41) is 0. The highest BCUT2D eigenvalue weighted by atomic mass is 15.2. The molecule has 0 amide bonds. The van der Waals surface area contributed by atoms with Gasteiger partial charge in [0, 0.05) is 24.8 Å². The number of benzene rings is 1. The number of aryl methyl sites for hydroxylation is 1. The van der Waals surface area contributed by atoms with E-state index in [4.69, 9.17) is 5.73 Å². The van der Waals surface area contributed by atoms with E-state index in [1.165, 1.54) is 36.3 Å². The van der Waals surface area contributed by atoms with Crippen LogP contribution < -0.4 is 10.6 Å². The van der Waals surface area contributed by atoms with E-state index in [1.807, 2.05) is 0 Å². The number of hydrogen-bond acceptors (Lipinski definition) is 2. The summed E-state index contributed by atoms with van der Waals surface area (Å²) in [5.41, 5.74) is 10.2. The van der Waals surface area contributed by atoms with Gasteiger partial charge in [-0.3, -0.25) is 0 Å². The van der Waals surface area contributed by atoms with E-state index in [9.17, 15) is 0 Å². The van der Waals surface area contributed by atoms with Gasteiger partial charge in [-0.1, -0.05) is 31.5 Å². The summed E-state index contributed by atoms with van der Waals surface area (Å²) in [7, 11) is 0. The van der Waals surface area contributed by atoms with Crippen molar-refractivity contribution in [3.8, 4) is 0 Å². The van der Waals surface area contributed by atoms with Crippen LogP contribution in [0.15, 0.2) is 18.2 Å². The molecule has 1 aliphatic rings. The normalized spacial score (nSPS) is 21.2. The van der Waals surface area contributed by atoms with Gasteiger partial charge in [0.2, 0.25) is 0 Å². The smallest absolute Gasteiger partial charge is 0.0399 e. The number of anilines is 1. The fraction of sp³-hybridized carbons (Fsp3) is 0.647. The molecule has 0 aliphatic carbocycles. The molecule has 0 saturated carbocycles. The first-order valence-corrected chi connectivity index (χ1v) is 7.57. The number of nitrogens with two attached hydrogens (primary N) is 1. The minimum Gasteiger partial charge on any atom is -0.371 e. The molecule has 2 N–H and O–H groups in total. The molecule has 0 aromatic heterocycles. The van der Waals surface area contributed by atoms with Crippen molar-refractivity contribution in [1.29, 1.82) is 0 Å². The summed E-state index contributed by atoms with van der Waals surface area (Å²) < 4.78 is 0. The molecule has 1 aromatic rings. The third kappa shape index (κ3) is 3.50. The largest absolute Gasteiger partial charge is 0.371 e. The first kappa shape index (κ1) is 14.4. The molecule has 1 fully saturated rings. The molecule has 1 saturated heterocycles. The predicted octanol–water partition coefficient (Wildman–Crippen LogP) is 3.37. The lowest BCUT2D eigenvalue weighted by atomic mass is 9.95. The van der Waals surface area contributed by atoms with Crippen LogP contribution >= 0.6 is 0 Å². The predicted molar refractivity (Wildman–Crippen MR) is 83.7 cm³/mol. The van der Waals surface area contributed by atoms with Crippen molar-refractivity contribution in [3.63, 3.8) is 0 Å². The molecule has 106 valence electrons. The van der Waals surface area contributed by atoms with E-state index in [1.54, 1.807) is 0 Å². The summed E-state index contributed by atoms with van der Waals surface area (Å²) in [5.74, 6) is 1.62. The zero-order chi connectivity index (χ0) is 14.0. The zero-order valence-electron chi connectivity index (χ0n) is 12.8. The maximum atomic E-state index is 6.00. The molecule has 1 aliphatic heterocycles. The van der Waals surface area contributed by atoms with E-state index >= 15 is 0 Å². The van der Waals surface area contributed by atoms with E-state index < -0.39 is 0 Å². The maximum Gasteiger partial charge on any atom is 0.0399 e. The molecule has 2 unspecified atom stereocenters. The van der Waals surface area contributed by atoms with Crippen LogP contribution in [0.2, 0.25) is 0 Å². The summed E-state index contributed by atoms with van der Waals surface area (Å²) >= 11 is 0. The van der Waals surface area contributed by atoms with Gasteiger partial charge in [-0.15, -0.1) is 0 Å². The Bertz CT molecular complexity index is 423. The molecule has 0 bridgehead atoms. The minimum absolute atomic E-state index is 0.226. The van der Waals surface area contributed by atoms with Gasteiger partial charge in [0.1, 0.15) is 0 Å². The van der Waals surface area contributed by atoms with Crippen LogP contribution in [0.1, 0.15) is 38.3 Å². The maximum absolute atomic E-state index is 6.00. The number of rotatable bonds is 4. The Morgan fingerprint density at radius 2 is 2.05 bits per heavy atom. The molecular formula is C17H28N2. The minimum atomic E-state index is 0.226. The van der Waals surface area contributed by atoms with Crippen molar-refractivity contribution >= 4 is 5.69 Å². The lowest BCUT2D eigenvalue weighted by molar-refractivity contribution is 0.422. The molecule has 2 nitrogen and oxygen atoms in total. The lowest BCUT2D eigenvalue weighted by Crippen LogP contribution is -2.25. The van der Waals surface area contributed by atoms with Crippen LogP contribution in [0.4, 0.5) is 5.69 Å². The van der Waals surface area contributed by atoms with Crippen molar-refractivity contribution < 1.29 is 0 Å². The Morgan fingerprint density at radius 3 is 2.63 bits per heavy atom. The van der Waals surface area contributed by atoms with Crippen LogP contribution in [0.5, 0.6) is 0 Å². The quantitative estimate of drug-likeness (QED) is 0.899. The van der Waals surface area contributed by atoms with Crippen LogP contribution in [0.3, 0.4) is 0 Å². The van der Waals surface area contributed by atoms with Crippen molar-refractivity contribution in [3.05, 3.63) is 29.3 Å². The summed E-state index contributed by atoms with van der Waals surface area (Å²) in [6, 6.07) is 7.05. The van der Waals surface area contributed by atoms with Gasteiger partial charge in [0.25, 0.3) is 0 Å². The van der Waals surface area contributed by atoms with Crippen molar-refractivity contribution in [1.82, 2.24) is 0 Å². The van der Waals surface area contributed by atoms with E-state index in [0.29, 0.717) is 0 Å². The highest BCUT2D eigenvalue weighted by Crippen LogP contribution is 2.31. The molecule has 1 heterocycles. The average molecular weight is 260 g/mol. The van der Waals surface area contributed by atoms with Crippen LogP contribution in [0.25, 0.3) is 0 Å². The zero-order valence-corrected chi connectivity index (χ0v) is 12.8. The third-order valence-electron chi connectivity index (χ3n) is 4.29. The van der Waals surface area contributed by atoms with Gasteiger partial charge in [0.05, 0.1) is 0 Å². The summed E-state index contributed by atoms with van der Waals surface area (Å²) in [6.07, 6.45) is 2.29. The highest BCUT2D eigenvalue weighted by Gasteiger charge is 2.26. The van der Waals surface area contributed by atoms with Crippen LogP contribution in [-0.2, 0) is 6.42 Å². The SMILES string of the molecule is Cc1ccc(N2CCC(C(C)C)C2)c(CC(C)N)c1.